The van der Waals surface area contributed by atoms with Crippen molar-refractivity contribution in [3.63, 3.8) is 0 Å². The van der Waals surface area contributed by atoms with Crippen LogP contribution in [-0.2, 0) is 0 Å². The number of carbonyl (C=O) groups excluding carboxylic acids is 1. The second kappa shape index (κ2) is 3.60. The molecule has 0 heterocycles. The summed E-state index contributed by atoms with van der Waals surface area (Å²) in [6.45, 7) is 9.72. The third-order valence-electron chi connectivity index (χ3n) is 0.908. The van der Waals surface area contributed by atoms with Crippen molar-refractivity contribution in [1.82, 2.24) is 10.6 Å². The molecule has 0 aliphatic rings. The molecule has 0 aromatic heterocycles. The maximum atomic E-state index is 11.0. The molecule has 3 nitrogen and oxygen atoms in total. The van der Waals surface area contributed by atoms with Crippen molar-refractivity contribution in [1.29, 1.82) is 0 Å². The molecule has 0 rings (SSSR count). The van der Waals surface area contributed by atoms with Crippen molar-refractivity contribution in [3.05, 3.63) is 0 Å². The quantitative estimate of drug-likeness (QED) is 0.608. The van der Waals surface area contributed by atoms with E-state index in [-0.39, 0.29) is 20.5 Å². The van der Waals surface area contributed by atoms with Crippen LogP contribution in [0.1, 0.15) is 37.5 Å². The first-order valence-electron chi connectivity index (χ1n) is 3.90. The van der Waals surface area contributed by atoms with Crippen molar-refractivity contribution >= 4 is 6.03 Å². The molecule has 0 unspecified atom stereocenters. The molecule has 0 aromatic rings. The van der Waals surface area contributed by atoms with E-state index in [0.717, 1.165) is 0 Å². The Labute approximate surface area is 71.5 Å². The lowest BCUT2D eigenvalue weighted by Crippen LogP contribution is -2.48. The molecule has 70 valence electrons. The van der Waals surface area contributed by atoms with E-state index in [2.05, 4.69) is 10.6 Å². The Balaban J connectivity index is -0.000000500. The van der Waals surface area contributed by atoms with Crippen molar-refractivity contribution in [2.75, 3.05) is 0 Å². The first kappa shape index (κ1) is 10.3. The van der Waals surface area contributed by atoms with E-state index in [4.69, 9.17) is 0 Å². The van der Waals surface area contributed by atoms with Gasteiger partial charge in [0.2, 0.25) is 0 Å². The molecular formula is C8H22N2O. The number of hydrogen-bond acceptors (Lipinski definition) is 1. The van der Waals surface area contributed by atoms with Crippen LogP contribution in [0.2, 0.25) is 0 Å². The average molecular weight is 162 g/mol. The number of rotatable bonds is 1. The van der Waals surface area contributed by atoms with Crippen LogP contribution in [0.25, 0.3) is 0 Å². The molecule has 3 heteroatoms. The lowest BCUT2D eigenvalue weighted by molar-refractivity contribution is 0.229. The number of hydrogen-bond donors (Lipinski definition) is 2. The summed E-state index contributed by atoms with van der Waals surface area (Å²) in [7, 11) is 0. The lowest BCUT2D eigenvalue weighted by Gasteiger charge is -2.21. The van der Waals surface area contributed by atoms with Gasteiger partial charge in [0.15, 0.2) is 0 Å². The maximum Gasteiger partial charge on any atom is 0.315 e. The molecule has 0 atom stereocenters. The fourth-order valence-electron chi connectivity index (χ4n) is 0.639. The largest absolute Gasteiger partial charge is 0.336 e. The Morgan fingerprint density at radius 3 is 2.09 bits per heavy atom. The highest BCUT2D eigenvalue weighted by Crippen LogP contribution is 1.97. The molecule has 0 fully saturated rings. The van der Waals surface area contributed by atoms with Crippen molar-refractivity contribution in [2.24, 2.45) is 0 Å². The molecular weight excluding hydrogens is 140 g/mol. The van der Waals surface area contributed by atoms with Gasteiger partial charge in [0.1, 0.15) is 0 Å². The van der Waals surface area contributed by atoms with Gasteiger partial charge in [-0.2, -0.15) is 0 Å². The third-order valence-corrected chi connectivity index (χ3v) is 0.908. The van der Waals surface area contributed by atoms with E-state index in [1.165, 1.54) is 0 Å². The lowest BCUT2D eigenvalue weighted by atomic mass is 10.1. The van der Waals surface area contributed by atoms with Crippen molar-refractivity contribution < 1.29 is 7.65 Å². The molecule has 11 heavy (non-hydrogen) atoms. The standard InChI is InChI=1S/C8H18N2O.2H2/c1-6(2)9-7(11)10-8(3,4)5;;/h6H,1-5H3,(H2,9,10,11);2*1H. The first-order chi connectivity index (χ1) is 4.81. The predicted octanol–water partition coefficient (Wildman–Crippen LogP) is 1.98. The van der Waals surface area contributed by atoms with E-state index >= 15 is 0 Å². The van der Waals surface area contributed by atoms with E-state index in [9.17, 15) is 4.79 Å². The van der Waals surface area contributed by atoms with Gasteiger partial charge in [0.05, 0.1) is 0 Å². The number of urea groups is 1. The van der Waals surface area contributed by atoms with Gasteiger partial charge in [0.25, 0.3) is 0 Å². The summed E-state index contributed by atoms with van der Waals surface area (Å²) in [5, 5.41) is 5.55. The van der Waals surface area contributed by atoms with Gasteiger partial charge in [-0.15, -0.1) is 0 Å². The summed E-state index contributed by atoms with van der Waals surface area (Å²) in [5.41, 5.74) is -0.154. The monoisotopic (exact) mass is 162 g/mol. The molecule has 0 aromatic carbocycles. The molecule has 2 amide bonds. The fraction of sp³-hybridized carbons (Fsp3) is 0.875. The van der Waals surface area contributed by atoms with Gasteiger partial charge in [-0.3, -0.25) is 0 Å². The molecule has 0 aliphatic carbocycles. The maximum absolute atomic E-state index is 11.0. The summed E-state index contributed by atoms with van der Waals surface area (Å²) in [5.74, 6) is 0. The smallest absolute Gasteiger partial charge is 0.315 e. The van der Waals surface area contributed by atoms with Gasteiger partial charge < -0.3 is 10.6 Å². The van der Waals surface area contributed by atoms with E-state index in [1.807, 2.05) is 34.6 Å². The Bertz CT molecular complexity index is 144. The summed E-state index contributed by atoms with van der Waals surface area (Å²) in [4.78, 5) is 11.0. The second-order valence-corrected chi connectivity index (χ2v) is 4.00. The molecule has 0 spiro atoms. The summed E-state index contributed by atoms with van der Waals surface area (Å²) < 4.78 is 0. The Morgan fingerprint density at radius 2 is 1.82 bits per heavy atom. The van der Waals surface area contributed by atoms with Crippen molar-refractivity contribution in [3.8, 4) is 0 Å². The minimum atomic E-state index is -0.154. The number of nitrogens with one attached hydrogen (secondary N) is 2. The zero-order valence-electron chi connectivity index (χ0n) is 7.99. The molecule has 0 radical (unpaired) electrons. The van der Waals surface area contributed by atoms with E-state index < -0.39 is 0 Å². The van der Waals surface area contributed by atoms with Crippen LogP contribution in [0.4, 0.5) is 4.79 Å². The average Bonchev–Trinajstić information content (AvgIpc) is 1.53. The highest BCUT2D eigenvalue weighted by atomic mass is 16.2. The topological polar surface area (TPSA) is 41.1 Å². The van der Waals surface area contributed by atoms with Crippen LogP contribution in [0.3, 0.4) is 0 Å². The zero-order chi connectivity index (χ0) is 9.07. The van der Waals surface area contributed by atoms with Gasteiger partial charge in [0, 0.05) is 14.4 Å². The van der Waals surface area contributed by atoms with Crippen LogP contribution in [0.15, 0.2) is 0 Å². The van der Waals surface area contributed by atoms with Gasteiger partial charge in [-0.05, 0) is 34.6 Å². The molecule has 0 saturated heterocycles. The minimum Gasteiger partial charge on any atom is -0.336 e. The van der Waals surface area contributed by atoms with Gasteiger partial charge >= 0.3 is 6.03 Å². The highest BCUT2D eigenvalue weighted by molar-refractivity contribution is 5.74. The number of carbonyl (C=O) groups is 1. The SMILES string of the molecule is CC(C)NC(=O)NC(C)(C)C.[HH].[HH]. The third kappa shape index (κ3) is 7.16. The van der Waals surface area contributed by atoms with Gasteiger partial charge in [-0.1, -0.05) is 0 Å². The zero-order valence-corrected chi connectivity index (χ0v) is 7.99. The normalized spacial score (nSPS) is 11.5. The molecule has 0 bridgehead atoms. The minimum absolute atomic E-state index is 0. The molecule has 2 N–H and O–H groups in total. The van der Waals surface area contributed by atoms with E-state index in [1.54, 1.807) is 0 Å². The van der Waals surface area contributed by atoms with Gasteiger partial charge in [-0.25, -0.2) is 4.79 Å². The summed E-state index contributed by atoms with van der Waals surface area (Å²) in [6, 6.07) is 0.0878. The first-order valence-corrected chi connectivity index (χ1v) is 3.90. The van der Waals surface area contributed by atoms with E-state index in [0.29, 0.717) is 0 Å². The van der Waals surface area contributed by atoms with Crippen LogP contribution in [0, 0.1) is 0 Å². The van der Waals surface area contributed by atoms with Crippen LogP contribution >= 0.6 is 0 Å². The number of amides is 2. The predicted molar refractivity (Wildman–Crippen MR) is 50.8 cm³/mol. The Hall–Kier alpha value is -0.730. The Morgan fingerprint density at radius 1 is 1.36 bits per heavy atom. The fourth-order valence-corrected chi connectivity index (χ4v) is 0.639. The van der Waals surface area contributed by atoms with Crippen LogP contribution in [-0.4, -0.2) is 17.6 Å². The van der Waals surface area contributed by atoms with Crippen LogP contribution < -0.4 is 10.6 Å². The highest BCUT2D eigenvalue weighted by Gasteiger charge is 2.13. The summed E-state index contributed by atoms with van der Waals surface area (Å²) >= 11 is 0. The second-order valence-electron chi connectivity index (χ2n) is 4.00. The molecule has 0 aliphatic heterocycles. The summed E-state index contributed by atoms with van der Waals surface area (Å²) in [6.07, 6.45) is 0. The molecule has 0 saturated carbocycles. The van der Waals surface area contributed by atoms with Crippen molar-refractivity contribution in [2.45, 2.75) is 46.2 Å². The van der Waals surface area contributed by atoms with Crippen LogP contribution in [0.5, 0.6) is 0 Å². The Kier molecular flexibility index (Phi) is 3.36.